The Morgan fingerprint density at radius 3 is 0.846 bits per heavy atom. The van der Waals surface area contributed by atoms with Gasteiger partial charge in [-0.3, -0.25) is 0 Å². The van der Waals surface area contributed by atoms with E-state index in [0.29, 0.717) is 0 Å². The zero-order valence-electron chi connectivity index (χ0n) is 18.6. The van der Waals surface area contributed by atoms with Gasteiger partial charge in [0.05, 0.1) is 0 Å². The maximum absolute atomic E-state index is 2.31. The number of unbranched alkanes of at least 4 members (excludes halogenated alkanes) is 18. The van der Waals surface area contributed by atoms with Crippen molar-refractivity contribution in [3.63, 3.8) is 0 Å². The topological polar surface area (TPSA) is 31.5 Å². The molecule has 0 aliphatic carbocycles. The molecule has 0 saturated carbocycles. The average molecular weight is 475 g/mol. The van der Waals surface area contributed by atoms with Crippen molar-refractivity contribution in [2.75, 3.05) is 0 Å². The average Bonchev–Trinajstić information content (AvgIpc) is 2.63. The van der Waals surface area contributed by atoms with Crippen molar-refractivity contribution in [2.45, 2.75) is 151 Å². The molecule has 0 aromatic heterocycles. The van der Waals surface area contributed by atoms with Crippen LogP contribution in [0.3, 0.4) is 0 Å². The van der Waals surface area contributed by atoms with E-state index in [4.69, 9.17) is 0 Å². The minimum atomic E-state index is 0. The van der Waals surface area contributed by atoms with Gasteiger partial charge in [-0.2, -0.15) is 0 Å². The third-order valence-electron chi connectivity index (χ3n) is 5.41. The molecule has 2 heteroatoms. The summed E-state index contributed by atoms with van der Waals surface area (Å²) >= 11 is 0.0377. The Bertz CT molecular complexity index is 198. The van der Waals surface area contributed by atoms with E-state index in [1.165, 1.54) is 116 Å². The van der Waals surface area contributed by atoms with Gasteiger partial charge >= 0.3 is 172 Å². The van der Waals surface area contributed by atoms with E-state index >= 15 is 0 Å². The fourth-order valence-electron chi connectivity index (χ4n) is 3.60. The van der Waals surface area contributed by atoms with E-state index in [0.717, 1.165) is 0 Å². The second kappa shape index (κ2) is 28.0. The normalized spacial score (nSPS) is 10.8. The molecule has 0 bridgehead atoms. The fraction of sp³-hybridized carbons (Fsp3) is 1.00. The summed E-state index contributed by atoms with van der Waals surface area (Å²) in [7, 11) is 0. The minimum absolute atomic E-state index is 0. The van der Waals surface area contributed by atoms with Crippen LogP contribution in [-0.4, -0.2) is 26.6 Å². The molecule has 0 heterocycles. The summed E-state index contributed by atoms with van der Waals surface area (Å²) in [5, 5.41) is 0. The third kappa shape index (κ3) is 27.0. The molecule has 0 saturated heterocycles. The van der Waals surface area contributed by atoms with E-state index in [1.54, 1.807) is 21.7 Å². The Kier molecular flexibility index (Phi) is 31.2. The molecule has 2 N–H and O–H groups in total. The SMILES string of the molecule is CCCCCCCCCCC[CH2][Sn][CH2]CCCCCCCCCCC.O. The summed E-state index contributed by atoms with van der Waals surface area (Å²) < 4.78 is 3.33. The van der Waals surface area contributed by atoms with Gasteiger partial charge in [-0.05, 0) is 0 Å². The van der Waals surface area contributed by atoms with Gasteiger partial charge in [0.1, 0.15) is 0 Å². The summed E-state index contributed by atoms with van der Waals surface area (Å²) in [5.41, 5.74) is 0. The fourth-order valence-corrected chi connectivity index (χ4v) is 7.17. The Hall–Kier alpha value is 0.759. The standard InChI is InChI=1S/2C12H25.H2O.Sn/c2*1-3-5-7-9-11-12-10-8-6-4-2;;/h2*1,3-12H2,2H3;1H2;. The first kappa shape index (κ1) is 29.0. The number of hydrogen-bond acceptors (Lipinski definition) is 0. The van der Waals surface area contributed by atoms with Gasteiger partial charge < -0.3 is 5.48 Å². The summed E-state index contributed by atoms with van der Waals surface area (Å²) in [6.45, 7) is 4.61. The summed E-state index contributed by atoms with van der Waals surface area (Å²) in [4.78, 5) is 0. The van der Waals surface area contributed by atoms with Crippen LogP contribution in [-0.2, 0) is 0 Å². The van der Waals surface area contributed by atoms with Crippen LogP contribution in [0.5, 0.6) is 0 Å². The number of rotatable bonds is 22. The van der Waals surface area contributed by atoms with Crippen molar-refractivity contribution in [2.24, 2.45) is 0 Å². The van der Waals surface area contributed by atoms with Gasteiger partial charge in [0.2, 0.25) is 0 Å². The molecule has 0 aromatic carbocycles. The zero-order chi connectivity index (χ0) is 18.3. The predicted octanol–water partition coefficient (Wildman–Crippen LogP) is 8.54. The van der Waals surface area contributed by atoms with Crippen LogP contribution in [0.1, 0.15) is 142 Å². The van der Waals surface area contributed by atoms with Crippen molar-refractivity contribution in [3.8, 4) is 0 Å². The van der Waals surface area contributed by atoms with Crippen LogP contribution >= 0.6 is 0 Å². The Balaban J connectivity index is 0. The molecule has 2 radical (unpaired) electrons. The van der Waals surface area contributed by atoms with Crippen molar-refractivity contribution in [1.82, 2.24) is 0 Å². The first-order valence-electron chi connectivity index (χ1n) is 12.1. The van der Waals surface area contributed by atoms with Gasteiger partial charge in [0.25, 0.3) is 0 Å². The van der Waals surface area contributed by atoms with Gasteiger partial charge in [-0.15, -0.1) is 0 Å². The molecular weight excluding hydrogens is 423 g/mol. The first-order valence-corrected chi connectivity index (χ1v) is 16.2. The molecule has 0 unspecified atom stereocenters. The molecular formula is C24H52OSn. The molecule has 0 atom stereocenters. The van der Waals surface area contributed by atoms with Crippen molar-refractivity contribution < 1.29 is 5.48 Å². The van der Waals surface area contributed by atoms with Crippen LogP contribution in [0.25, 0.3) is 0 Å². The molecule has 0 aliphatic heterocycles. The summed E-state index contributed by atoms with van der Waals surface area (Å²) in [6.07, 6.45) is 29.8. The van der Waals surface area contributed by atoms with E-state index in [1.807, 2.05) is 0 Å². The summed E-state index contributed by atoms with van der Waals surface area (Å²) in [5.74, 6) is 0. The molecule has 26 heavy (non-hydrogen) atoms. The molecule has 0 spiro atoms. The molecule has 158 valence electrons. The minimum Gasteiger partial charge on any atom is -0.412 e. The van der Waals surface area contributed by atoms with Crippen molar-refractivity contribution in [3.05, 3.63) is 0 Å². The van der Waals surface area contributed by atoms with E-state index < -0.39 is 0 Å². The van der Waals surface area contributed by atoms with E-state index in [2.05, 4.69) is 13.8 Å². The quantitative estimate of drug-likeness (QED) is 0.111. The number of hydrogen-bond donors (Lipinski definition) is 0. The van der Waals surface area contributed by atoms with Crippen LogP contribution in [0.2, 0.25) is 8.87 Å². The summed E-state index contributed by atoms with van der Waals surface area (Å²) in [6, 6.07) is 0. The predicted molar refractivity (Wildman–Crippen MR) is 123 cm³/mol. The molecule has 0 fully saturated rings. The molecule has 0 rings (SSSR count). The maximum atomic E-state index is 2.31. The molecule has 0 aliphatic rings. The smallest absolute Gasteiger partial charge is 0.412 e. The Morgan fingerprint density at radius 1 is 0.346 bits per heavy atom. The molecule has 0 aromatic rings. The molecule has 0 amide bonds. The zero-order valence-corrected chi connectivity index (χ0v) is 21.4. The second-order valence-corrected chi connectivity index (χ2v) is 12.4. The Morgan fingerprint density at radius 2 is 0.577 bits per heavy atom. The van der Waals surface area contributed by atoms with Crippen molar-refractivity contribution in [1.29, 1.82) is 0 Å². The monoisotopic (exact) mass is 476 g/mol. The van der Waals surface area contributed by atoms with Crippen LogP contribution in [0.15, 0.2) is 0 Å². The third-order valence-corrected chi connectivity index (χ3v) is 9.45. The van der Waals surface area contributed by atoms with Gasteiger partial charge in [0, 0.05) is 0 Å². The van der Waals surface area contributed by atoms with Crippen LogP contribution in [0.4, 0.5) is 0 Å². The van der Waals surface area contributed by atoms with Gasteiger partial charge in [0.15, 0.2) is 0 Å². The van der Waals surface area contributed by atoms with Crippen molar-refractivity contribution >= 4 is 21.1 Å². The van der Waals surface area contributed by atoms with Crippen LogP contribution in [0, 0.1) is 0 Å². The Labute approximate surface area is 177 Å². The van der Waals surface area contributed by atoms with Crippen LogP contribution < -0.4 is 0 Å². The molecule has 1 nitrogen and oxygen atoms in total. The second-order valence-electron chi connectivity index (χ2n) is 8.11. The van der Waals surface area contributed by atoms with E-state index in [-0.39, 0.29) is 26.6 Å². The van der Waals surface area contributed by atoms with Gasteiger partial charge in [-0.1, -0.05) is 0 Å². The van der Waals surface area contributed by atoms with E-state index in [9.17, 15) is 0 Å². The van der Waals surface area contributed by atoms with Gasteiger partial charge in [-0.25, -0.2) is 0 Å². The first-order chi connectivity index (χ1) is 12.4.